The van der Waals surface area contributed by atoms with Crippen molar-refractivity contribution in [1.82, 2.24) is 0 Å². The van der Waals surface area contributed by atoms with Crippen LogP contribution < -0.4 is 4.90 Å². The maximum absolute atomic E-state index is 6.57. The molecule has 1 heterocycles. The van der Waals surface area contributed by atoms with Gasteiger partial charge in [-0.2, -0.15) is 0 Å². The number of nitrogens with zero attached hydrogens (tertiary/aromatic N) is 1. The van der Waals surface area contributed by atoms with E-state index in [-0.39, 0.29) is 5.41 Å². The van der Waals surface area contributed by atoms with Gasteiger partial charge in [0.1, 0.15) is 11.2 Å². The van der Waals surface area contributed by atoms with Crippen LogP contribution in [0.1, 0.15) is 59.1 Å². The summed E-state index contributed by atoms with van der Waals surface area (Å²) >= 11 is 0. The van der Waals surface area contributed by atoms with E-state index in [1.54, 1.807) is 0 Å². The maximum atomic E-state index is 6.57. The number of fused-ring (bicyclic) bond motifs is 11. The van der Waals surface area contributed by atoms with E-state index in [2.05, 4.69) is 235 Å². The molecule has 1 saturated carbocycles. The first-order valence-electron chi connectivity index (χ1n) is 24.2. The standard InChI is InChI=1S/C66H47NO/c1-3-19-45(20-4-1)66(46-21-5-2-6-22-46)58-31-12-7-23-50(58)51-40-39-48(43-60(51)66)67(47-37-35-44(36-38-47)49-27-17-29-55-53-25-10-14-34-62(53)68-64(49)55)61-33-13-9-24-52(61)54-28-18-32-59-63(54)56-26-8-11-30-57(56)65(59)41-15-16-42-65/h1-14,17-40,43H,15-16,41-42H2. The van der Waals surface area contributed by atoms with Gasteiger partial charge in [-0.1, -0.05) is 213 Å². The first-order chi connectivity index (χ1) is 33.7. The highest BCUT2D eigenvalue weighted by Crippen LogP contribution is 2.61. The Bertz CT molecular complexity index is 3700. The highest BCUT2D eigenvalue weighted by atomic mass is 16.3. The Labute approximate surface area is 397 Å². The third kappa shape index (κ3) is 5.52. The molecule has 68 heavy (non-hydrogen) atoms. The van der Waals surface area contributed by atoms with E-state index in [1.165, 1.54) is 92.4 Å². The highest BCUT2D eigenvalue weighted by molar-refractivity contribution is 6.09. The summed E-state index contributed by atoms with van der Waals surface area (Å²) in [7, 11) is 0. The molecule has 11 aromatic rings. The van der Waals surface area contributed by atoms with Gasteiger partial charge in [0.25, 0.3) is 0 Å². The van der Waals surface area contributed by atoms with Crippen LogP contribution in [0, 0.1) is 0 Å². The number of para-hydroxylation sites is 3. The Kier molecular flexibility index (Phi) is 8.70. The summed E-state index contributed by atoms with van der Waals surface area (Å²) in [4.78, 5) is 2.51. The molecule has 3 aliphatic rings. The van der Waals surface area contributed by atoms with E-state index >= 15 is 0 Å². The van der Waals surface area contributed by atoms with E-state index in [4.69, 9.17) is 4.42 Å². The number of hydrogen-bond acceptors (Lipinski definition) is 2. The fraction of sp³-hybridized carbons (Fsp3) is 0.0909. The summed E-state index contributed by atoms with van der Waals surface area (Å²) in [5.41, 5.74) is 22.8. The second kappa shape index (κ2) is 15.2. The SMILES string of the molecule is c1ccc(C2(c3ccccc3)c3ccccc3-c3ccc(N(c4ccc(-c5cccc6c5oc5ccccc56)cc4)c4ccccc4-c4cccc5c4-c4ccccc4C54CCCC4)cc32)cc1. The molecule has 0 radical (unpaired) electrons. The molecule has 0 saturated heterocycles. The van der Waals surface area contributed by atoms with E-state index < -0.39 is 5.41 Å². The second-order valence-corrected chi connectivity index (χ2v) is 19.0. The van der Waals surface area contributed by atoms with Crippen molar-refractivity contribution in [3.8, 4) is 44.5 Å². The zero-order valence-electron chi connectivity index (χ0n) is 37.7. The molecule has 0 bridgehead atoms. The Morgan fingerprint density at radius 2 is 0.926 bits per heavy atom. The van der Waals surface area contributed by atoms with Crippen molar-refractivity contribution in [2.24, 2.45) is 0 Å². The summed E-state index contributed by atoms with van der Waals surface area (Å²) in [6, 6.07) is 88.0. The summed E-state index contributed by atoms with van der Waals surface area (Å²) in [6.07, 6.45) is 4.92. The Morgan fingerprint density at radius 1 is 0.368 bits per heavy atom. The smallest absolute Gasteiger partial charge is 0.143 e. The van der Waals surface area contributed by atoms with Crippen LogP contribution in [0.4, 0.5) is 17.1 Å². The van der Waals surface area contributed by atoms with Gasteiger partial charge >= 0.3 is 0 Å². The van der Waals surface area contributed by atoms with Crippen molar-refractivity contribution in [3.63, 3.8) is 0 Å². The molecule has 0 amide bonds. The third-order valence-electron chi connectivity index (χ3n) is 15.7. The Hall–Kier alpha value is -8.20. The van der Waals surface area contributed by atoms with E-state index in [1.807, 2.05) is 6.07 Å². The molecular weight excluding hydrogens is 823 g/mol. The lowest BCUT2D eigenvalue weighted by molar-refractivity contribution is 0.550. The summed E-state index contributed by atoms with van der Waals surface area (Å²) in [6.45, 7) is 0. The number of anilines is 3. The van der Waals surface area contributed by atoms with Crippen molar-refractivity contribution in [3.05, 3.63) is 270 Å². The largest absolute Gasteiger partial charge is 0.455 e. The molecule has 0 N–H and O–H groups in total. The molecule has 1 spiro atoms. The quantitative estimate of drug-likeness (QED) is 0.159. The maximum Gasteiger partial charge on any atom is 0.143 e. The minimum atomic E-state index is -0.537. The summed E-state index contributed by atoms with van der Waals surface area (Å²) < 4.78 is 6.57. The number of furan rings is 1. The lowest BCUT2D eigenvalue weighted by Crippen LogP contribution is -2.28. The molecule has 2 nitrogen and oxygen atoms in total. The topological polar surface area (TPSA) is 16.4 Å². The van der Waals surface area contributed by atoms with E-state index in [9.17, 15) is 0 Å². The molecule has 14 rings (SSSR count). The van der Waals surface area contributed by atoms with Crippen molar-refractivity contribution < 1.29 is 4.42 Å². The van der Waals surface area contributed by atoms with E-state index in [0.29, 0.717) is 0 Å². The van der Waals surface area contributed by atoms with Crippen LogP contribution in [0.3, 0.4) is 0 Å². The van der Waals surface area contributed by atoms with Crippen LogP contribution in [-0.2, 0) is 10.8 Å². The van der Waals surface area contributed by atoms with Gasteiger partial charge in [-0.15, -0.1) is 0 Å². The molecular formula is C66H47NO. The van der Waals surface area contributed by atoms with Gasteiger partial charge in [0.15, 0.2) is 0 Å². The first kappa shape index (κ1) is 39.0. The fourth-order valence-electron chi connectivity index (χ4n) is 12.9. The lowest BCUT2D eigenvalue weighted by atomic mass is 9.67. The van der Waals surface area contributed by atoms with Gasteiger partial charge in [0, 0.05) is 38.7 Å². The molecule has 3 aliphatic carbocycles. The van der Waals surface area contributed by atoms with Gasteiger partial charge in [-0.25, -0.2) is 0 Å². The van der Waals surface area contributed by atoms with Gasteiger partial charge in [0.2, 0.25) is 0 Å². The first-order valence-corrected chi connectivity index (χ1v) is 24.2. The minimum Gasteiger partial charge on any atom is -0.455 e. The molecule has 10 aromatic carbocycles. The lowest BCUT2D eigenvalue weighted by Gasteiger charge is -2.35. The average molecular weight is 870 g/mol. The predicted octanol–water partition coefficient (Wildman–Crippen LogP) is 17.6. The van der Waals surface area contributed by atoms with Crippen molar-refractivity contribution >= 4 is 39.0 Å². The summed E-state index contributed by atoms with van der Waals surface area (Å²) in [5, 5.41) is 2.27. The second-order valence-electron chi connectivity index (χ2n) is 19.0. The molecule has 1 aromatic heterocycles. The fourth-order valence-corrected chi connectivity index (χ4v) is 12.9. The highest BCUT2D eigenvalue weighted by Gasteiger charge is 2.47. The van der Waals surface area contributed by atoms with Gasteiger partial charge in [-0.3, -0.25) is 0 Å². The van der Waals surface area contributed by atoms with Crippen LogP contribution in [0.15, 0.2) is 241 Å². The van der Waals surface area contributed by atoms with Crippen molar-refractivity contribution in [2.75, 3.05) is 4.90 Å². The van der Waals surface area contributed by atoms with Gasteiger partial charge in [0.05, 0.1) is 11.1 Å². The zero-order chi connectivity index (χ0) is 44.8. The normalized spacial score (nSPS) is 14.8. The van der Waals surface area contributed by atoms with Crippen LogP contribution in [0.5, 0.6) is 0 Å². The van der Waals surface area contributed by atoms with Crippen LogP contribution in [-0.4, -0.2) is 0 Å². The third-order valence-corrected chi connectivity index (χ3v) is 15.7. The van der Waals surface area contributed by atoms with Gasteiger partial charge in [-0.05, 0) is 116 Å². The number of rotatable bonds is 7. The number of benzene rings is 10. The average Bonchev–Trinajstić information content (AvgIpc) is 4.19. The van der Waals surface area contributed by atoms with Crippen LogP contribution >= 0.6 is 0 Å². The van der Waals surface area contributed by atoms with Crippen molar-refractivity contribution in [1.29, 1.82) is 0 Å². The minimum absolute atomic E-state index is 0.0717. The number of hydrogen-bond donors (Lipinski definition) is 0. The summed E-state index contributed by atoms with van der Waals surface area (Å²) in [5.74, 6) is 0. The zero-order valence-corrected chi connectivity index (χ0v) is 37.7. The van der Waals surface area contributed by atoms with Gasteiger partial charge < -0.3 is 9.32 Å². The monoisotopic (exact) mass is 869 g/mol. The van der Waals surface area contributed by atoms with Crippen LogP contribution in [0.25, 0.3) is 66.4 Å². The van der Waals surface area contributed by atoms with E-state index in [0.717, 1.165) is 50.1 Å². The molecule has 2 heteroatoms. The molecule has 322 valence electrons. The molecule has 0 atom stereocenters. The molecule has 0 aliphatic heterocycles. The molecule has 0 unspecified atom stereocenters. The van der Waals surface area contributed by atoms with Crippen LogP contribution in [0.2, 0.25) is 0 Å². The molecule has 1 fully saturated rings. The Balaban J connectivity index is 1.01. The Morgan fingerprint density at radius 3 is 1.71 bits per heavy atom. The van der Waals surface area contributed by atoms with Crippen molar-refractivity contribution in [2.45, 2.75) is 36.5 Å². The predicted molar refractivity (Wildman–Crippen MR) is 281 cm³/mol.